The van der Waals surface area contributed by atoms with Crippen molar-refractivity contribution in [2.45, 2.75) is 12.5 Å². The summed E-state index contributed by atoms with van der Waals surface area (Å²) >= 11 is 5.66. The maximum Gasteiger partial charge on any atom is 0.253 e. The predicted molar refractivity (Wildman–Crippen MR) is 72.0 cm³/mol. The summed E-state index contributed by atoms with van der Waals surface area (Å²) in [5.74, 6) is -0.595. The van der Waals surface area contributed by atoms with Gasteiger partial charge < -0.3 is 10.2 Å². The first-order valence-corrected chi connectivity index (χ1v) is 5.91. The van der Waals surface area contributed by atoms with Gasteiger partial charge >= 0.3 is 0 Å². The summed E-state index contributed by atoms with van der Waals surface area (Å²) in [6, 6.07) is 4.42. The Balaban J connectivity index is 0.00000162. The first-order chi connectivity index (χ1) is 8.11. The molecule has 1 aromatic carbocycles. The molecular weight excluding hydrogens is 278 g/mol. The van der Waals surface area contributed by atoms with E-state index in [1.165, 1.54) is 18.2 Å². The summed E-state index contributed by atoms with van der Waals surface area (Å²) in [5.41, 5.74) is 0.438. The highest BCUT2D eigenvalue weighted by Crippen LogP contribution is 2.19. The number of likely N-dealkylation sites (N-methyl/N-ethyl adjacent to an activating group) is 1. The van der Waals surface area contributed by atoms with Gasteiger partial charge in [-0.3, -0.25) is 4.79 Å². The Hall–Kier alpha value is -0.840. The molecule has 0 spiro atoms. The smallest absolute Gasteiger partial charge is 0.253 e. The van der Waals surface area contributed by atoms with Crippen molar-refractivity contribution in [2.24, 2.45) is 0 Å². The number of halogens is 3. The van der Waals surface area contributed by atoms with E-state index in [9.17, 15) is 9.18 Å². The van der Waals surface area contributed by atoms with Crippen LogP contribution >= 0.6 is 24.0 Å². The van der Waals surface area contributed by atoms with E-state index in [1.807, 2.05) is 7.05 Å². The Bertz CT molecular complexity index is 442. The Kier molecular flexibility index (Phi) is 5.38. The van der Waals surface area contributed by atoms with Crippen LogP contribution in [0.5, 0.6) is 0 Å². The molecule has 1 aromatic rings. The summed E-state index contributed by atoms with van der Waals surface area (Å²) in [6.07, 6.45) is 0.942. The van der Waals surface area contributed by atoms with Crippen LogP contribution in [0.15, 0.2) is 18.2 Å². The molecule has 1 aliphatic heterocycles. The molecule has 0 aromatic heterocycles. The van der Waals surface area contributed by atoms with E-state index in [2.05, 4.69) is 5.32 Å². The fraction of sp³-hybridized carbons (Fsp3) is 0.417. The van der Waals surface area contributed by atoms with Crippen LogP contribution in [0.2, 0.25) is 5.02 Å². The lowest BCUT2D eigenvalue weighted by Crippen LogP contribution is -2.33. The van der Waals surface area contributed by atoms with Crippen molar-refractivity contribution in [1.82, 2.24) is 10.2 Å². The van der Waals surface area contributed by atoms with Crippen LogP contribution in [0.1, 0.15) is 16.8 Å². The van der Waals surface area contributed by atoms with Gasteiger partial charge in [0.25, 0.3) is 5.91 Å². The molecule has 1 amide bonds. The molecule has 1 atom stereocenters. The van der Waals surface area contributed by atoms with E-state index in [1.54, 1.807) is 4.90 Å². The van der Waals surface area contributed by atoms with Gasteiger partial charge in [0.1, 0.15) is 5.82 Å². The highest BCUT2D eigenvalue weighted by Gasteiger charge is 2.26. The zero-order valence-electron chi connectivity index (χ0n) is 9.95. The molecule has 0 bridgehead atoms. The zero-order valence-corrected chi connectivity index (χ0v) is 11.5. The van der Waals surface area contributed by atoms with Crippen LogP contribution in [-0.4, -0.2) is 37.0 Å². The van der Waals surface area contributed by atoms with Crippen molar-refractivity contribution in [2.75, 3.05) is 20.1 Å². The largest absolute Gasteiger partial charge is 0.337 e. The van der Waals surface area contributed by atoms with Gasteiger partial charge in [-0.15, -0.1) is 12.4 Å². The van der Waals surface area contributed by atoms with Gasteiger partial charge in [-0.1, -0.05) is 11.6 Å². The molecule has 2 rings (SSSR count). The maximum atomic E-state index is 13.0. The molecule has 100 valence electrons. The van der Waals surface area contributed by atoms with Crippen molar-refractivity contribution in [3.05, 3.63) is 34.6 Å². The third-order valence-electron chi connectivity index (χ3n) is 3.05. The number of rotatable bonds is 2. The molecule has 1 fully saturated rings. The van der Waals surface area contributed by atoms with E-state index in [0.717, 1.165) is 13.0 Å². The summed E-state index contributed by atoms with van der Waals surface area (Å²) in [7, 11) is 1.88. The van der Waals surface area contributed by atoms with Crippen LogP contribution in [0.4, 0.5) is 4.39 Å². The van der Waals surface area contributed by atoms with Crippen LogP contribution < -0.4 is 5.32 Å². The van der Waals surface area contributed by atoms with Gasteiger partial charge in [-0.2, -0.15) is 0 Å². The van der Waals surface area contributed by atoms with Gasteiger partial charge in [0, 0.05) is 24.7 Å². The van der Waals surface area contributed by atoms with Gasteiger partial charge in [0.2, 0.25) is 0 Å². The van der Waals surface area contributed by atoms with Crippen molar-refractivity contribution < 1.29 is 9.18 Å². The van der Waals surface area contributed by atoms with Crippen LogP contribution in [0, 0.1) is 5.82 Å². The Labute approximate surface area is 117 Å². The average Bonchev–Trinajstić information content (AvgIpc) is 2.80. The number of hydrogen-bond acceptors (Lipinski definition) is 2. The number of nitrogens with one attached hydrogen (secondary N) is 1. The normalized spacial score (nSPS) is 18.6. The van der Waals surface area contributed by atoms with Gasteiger partial charge in [0.15, 0.2) is 0 Å². The second-order valence-corrected chi connectivity index (χ2v) is 4.56. The molecule has 1 unspecified atom stereocenters. The highest BCUT2D eigenvalue weighted by molar-refractivity contribution is 6.31. The van der Waals surface area contributed by atoms with Crippen LogP contribution in [0.3, 0.4) is 0 Å². The number of nitrogens with zero attached hydrogens (tertiary/aromatic N) is 1. The molecule has 1 heterocycles. The Morgan fingerprint density at radius 2 is 2.28 bits per heavy atom. The number of carbonyl (C=O) groups is 1. The number of hydrogen-bond donors (Lipinski definition) is 1. The molecule has 1 N–H and O–H groups in total. The molecule has 18 heavy (non-hydrogen) atoms. The van der Waals surface area contributed by atoms with Crippen LogP contribution in [-0.2, 0) is 0 Å². The molecule has 0 radical (unpaired) electrons. The van der Waals surface area contributed by atoms with E-state index in [-0.39, 0.29) is 23.3 Å². The average molecular weight is 293 g/mol. The van der Waals surface area contributed by atoms with Gasteiger partial charge in [-0.25, -0.2) is 4.39 Å². The monoisotopic (exact) mass is 292 g/mol. The van der Waals surface area contributed by atoms with E-state index in [0.29, 0.717) is 18.2 Å². The fourth-order valence-corrected chi connectivity index (χ4v) is 2.17. The lowest BCUT2D eigenvalue weighted by Gasteiger charge is -2.16. The zero-order chi connectivity index (χ0) is 12.4. The second kappa shape index (κ2) is 6.36. The van der Waals surface area contributed by atoms with Crippen molar-refractivity contribution in [3.8, 4) is 0 Å². The summed E-state index contributed by atoms with van der Waals surface area (Å²) < 4.78 is 13.0. The van der Waals surface area contributed by atoms with Crippen LogP contribution in [0.25, 0.3) is 0 Å². The fourth-order valence-electron chi connectivity index (χ4n) is 1.99. The van der Waals surface area contributed by atoms with Gasteiger partial charge in [0.05, 0.1) is 5.02 Å². The Morgan fingerprint density at radius 1 is 1.56 bits per heavy atom. The molecule has 6 heteroatoms. The van der Waals surface area contributed by atoms with Gasteiger partial charge in [-0.05, 0) is 31.7 Å². The lowest BCUT2D eigenvalue weighted by atomic mass is 10.2. The Morgan fingerprint density at radius 3 is 2.83 bits per heavy atom. The minimum Gasteiger partial charge on any atom is -0.337 e. The molecule has 1 saturated heterocycles. The molecule has 3 nitrogen and oxygen atoms in total. The number of likely N-dealkylation sites (tertiary alicyclic amines) is 1. The third-order valence-corrected chi connectivity index (χ3v) is 3.34. The lowest BCUT2D eigenvalue weighted by molar-refractivity contribution is 0.0789. The summed E-state index contributed by atoms with van der Waals surface area (Å²) in [4.78, 5) is 13.8. The number of benzene rings is 1. The topological polar surface area (TPSA) is 32.3 Å². The van der Waals surface area contributed by atoms with Crippen molar-refractivity contribution in [3.63, 3.8) is 0 Å². The standard InChI is InChI=1S/C12H14ClFN2O.ClH/c1-15-9-4-5-16(7-9)12(17)8-2-3-11(14)10(13)6-8;/h2-3,6,9,15H,4-5,7H2,1H3;1H. The quantitative estimate of drug-likeness (QED) is 0.907. The number of amides is 1. The third kappa shape index (κ3) is 3.13. The molecular formula is C12H15Cl2FN2O. The summed E-state index contributed by atoms with van der Waals surface area (Å²) in [6.45, 7) is 1.41. The first kappa shape index (κ1) is 15.2. The highest BCUT2D eigenvalue weighted by atomic mass is 35.5. The number of carbonyl (C=O) groups excluding carboxylic acids is 1. The second-order valence-electron chi connectivity index (χ2n) is 4.15. The van der Waals surface area contributed by atoms with E-state index in [4.69, 9.17) is 11.6 Å². The molecule has 0 saturated carbocycles. The predicted octanol–water partition coefficient (Wildman–Crippen LogP) is 2.33. The maximum absolute atomic E-state index is 13.0. The van der Waals surface area contributed by atoms with Crippen molar-refractivity contribution in [1.29, 1.82) is 0 Å². The molecule has 0 aliphatic carbocycles. The minimum atomic E-state index is -0.502. The minimum absolute atomic E-state index is 0. The summed E-state index contributed by atoms with van der Waals surface area (Å²) in [5, 5.41) is 3.13. The molecule has 1 aliphatic rings. The van der Waals surface area contributed by atoms with E-state index < -0.39 is 5.82 Å². The van der Waals surface area contributed by atoms with E-state index >= 15 is 0 Å². The van der Waals surface area contributed by atoms with Crippen molar-refractivity contribution >= 4 is 29.9 Å². The first-order valence-electron chi connectivity index (χ1n) is 5.53. The SMILES string of the molecule is CNC1CCN(C(=O)c2ccc(F)c(Cl)c2)C1.Cl.